The largest absolute Gasteiger partial charge is 0.396 e. The number of piperidine rings is 1. The van der Waals surface area contributed by atoms with Crippen LogP contribution >= 0.6 is 0 Å². The molecule has 31 heavy (non-hydrogen) atoms. The lowest BCUT2D eigenvalue weighted by Gasteiger charge is -2.40. The molecule has 7 nitrogen and oxygen atoms in total. The van der Waals surface area contributed by atoms with Gasteiger partial charge in [-0.05, 0) is 42.5 Å². The van der Waals surface area contributed by atoms with Crippen LogP contribution in [-0.4, -0.2) is 85.0 Å². The number of carbonyl (C=O) groups excluding carboxylic acids is 1. The third-order valence-electron chi connectivity index (χ3n) is 6.78. The standard InChI is InChI=1S/C23H33FN4O3/c1-26(9-3-13-29)22(30)19(16-28-10-2-8-25-28)15-27-11-6-23(7-12-27)21-14-20(24)5-4-18(21)17-31-23/h4-5,8,14,19,29H,2-3,6-7,9-13,15-17H2,1H3. The topological polar surface area (TPSA) is 68.6 Å². The predicted octanol–water partition coefficient (Wildman–Crippen LogP) is 1.80. The highest BCUT2D eigenvalue weighted by Gasteiger charge is 2.43. The van der Waals surface area contributed by atoms with E-state index in [4.69, 9.17) is 9.84 Å². The number of fused-ring (bicyclic) bond motifs is 2. The summed E-state index contributed by atoms with van der Waals surface area (Å²) in [5.41, 5.74) is 1.68. The number of carbonyl (C=O) groups is 1. The first-order chi connectivity index (χ1) is 15.0. The Kier molecular flexibility index (Phi) is 6.89. The molecule has 0 radical (unpaired) electrons. The molecule has 1 saturated heterocycles. The molecule has 3 aliphatic rings. The highest BCUT2D eigenvalue weighted by Crippen LogP contribution is 2.44. The van der Waals surface area contributed by atoms with Gasteiger partial charge in [0.2, 0.25) is 5.91 Å². The molecule has 1 unspecified atom stereocenters. The summed E-state index contributed by atoms with van der Waals surface area (Å²) in [4.78, 5) is 17.2. The smallest absolute Gasteiger partial charge is 0.228 e. The third kappa shape index (κ3) is 4.91. The van der Waals surface area contributed by atoms with E-state index < -0.39 is 5.60 Å². The number of hydrogen-bond acceptors (Lipinski definition) is 6. The molecule has 3 heterocycles. The minimum atomic E-state index is -0.398. The molecule has 1 spiro atoms. The van der Waals surface area contributed by atoms with Gasteiger partial charge in [0.05, 0.1) is 18.1 Å². The molecular weight excluding hydrogens is 399 g/mol. The van der Waals surface area contributed by atoms with E-state index in [2.05, 4.69) is 10.0 Å². The zero-order valence-corrected chi connectivity index (χ0v) is 18.3. The fourth-order valence-corrected chi connectivity index (χ4v) is 4.99. The zero-order valence-electron chi connectivity index (χ0n) is 18.3. The van der Waals surface area contributed by atoms with Gasteiger partial charge in [0.1, 0.15) is 5.82 Å². The molecule has 1 aromatic carbocycles. The number of nitrogens with zero attached hydrogens (tertiary/aromatic N) is 4. The van der Waals surface area contributed by atoms with Crippen LogP contribution in [0.3, 0.4) is 0 Å². The summed E-state index contributed by atoms with van der Waals surface area (Å²) in [6.07, 6.45) is 4.99. The summed E-state index contributed by atoms with van der Waals surface area (Å²) in [6.45, 7) is 4.91. The van der Waals surface area contributed by atoms with E-state index in [1.165, 1.54) is 6.07 Å². The summed E-state index contributed by atoms with van der Waals surface area (Å²) in [5, 5.41) is 15.5. The van der Waals surface area contributed by atoms with Gasteiger partial charge in [-0.25, -0.2) is 4.39 Å². The number of ether oxygens (including phenoxy) is 1. The maximum atomic E-state index is 13.9. The van der Waals surface area contributed by atoms with Crippen molar-refractivity contribution >= 4 is 12.1 Å². The van der Waals surface area contributed by atoms with Crippen molar-refractivity contribution < 1.29 is 19.0 Å². The van der Waals surface area contributed by atoms with Gasteiger partial charge in [0.15, 0.2) is 0 Å². The number of halogens is 1. The number of benzene rings is 1. The molecule has 1 amide bonds. The second-order valence-corrected chi connectivity index (χ2v) is 8.92. The van der Waals surface area contributed by atoms with Gasteiger partial charge >= 0.3 is 0 Å². The summed E-state index contributed by atoms with van der Waals surface area (Å²) >= 11 is 0. The van der Waals surface area contributed by atoms with Crippen LogP contribution in [0.1, 0.15) is 36.8 Å². The molecule has 1 atom stereocenters. The molecule has 1 aromatic rings. The highest BCUT2D eigenvalue weighted by atomic mass is 19.1. The van der Waals surface area contributed by atoms with E-state index in [9.17, 15) is 9.18 Å². The van der Waals surface area contributed by atoms with Crippen molar-refractivity contribution in [2.45, 2.75) is 37.9 Å². The van der Waals surface area contributed by atoms with Gasteiger partial charge in [0.25, 0.3) is 0 Å². The lowest BCUT2D eigenvalue weighted by Crippen LogP contribution is -2.49. The Morgan fingerprint density at radius 3 is 2.84 bits per heavy atom. The molecular formula is C23H33FN4O3. The fraction of sp³-hybridized carbons (Fsp3) is 0.652. The van der Waals surface area contributed by atoms with Crippen LogP contribution in [0, 0.1) is 11.7 Å². The van der Waals surface area contributed by atoms with Crippen LogP contribution < -0.4 is 0 Å². The number of rotatable bonds is 8. The quantitative estimate of drug-likeness (QED) is 0.679. The lowest BCUT2D eigenvalue weighted by molar-refractivity contribution is -0.136. The van der Waals surface area contributed by atoms with Crippen LogP contribution in [0.4, 0.5) is 4.39 Å². The molecule has 3 aliphatic heterocycles. The van der Waals surface area contributed by atoms with Gasteiger partial charge < -0.3 is 19.6 Å². The van der Waals surface area contributed by atoms with Gasteiger partial charge in [-0.1, -0.05) is 6.07 Å². The SMILES string of the molecule is CN(CCCO)C(=O)C(CN1CCC2(CC1)OCc1ccc(F)cc12)CN1CCC=N1. The molecule has 8 heteroatoms. The summed E-state index contributed by atoms with van der Waals surface area (Å²) in [5.74, 6) is -0.295. The second-order valence-electron chi connectivity index (χ2n) is 8.92. The minimum Gasteiger partial charge on any atom is -0.396 e. The van der Waals surface area contributed by atoms with Crippen molar-refractivity contribution in [1.82, 2.24) is 14.8 Å². The van der Waals surface area contributed by atoms with E-state index in [0.29, 0.717) is 32.7 Å². The Morgan fingerprint density at radius 2 is 2.13 bits per heavy atom. The van der Waals surface area contributed by atoms with Crippen LogP contribution in [0.5, 0.6) is 0 Å². The predicted molar refractivity (Wildman–Crippen MR) is 116 cm³/mol. The average Bonchev–Trinajstić information content (AvgIpc) is 3.41. The van der Waals surface area contributed by atoms with Crippen LogP contribution in [0.15, 0.2) is 23.3 Å². The van der Waals surface area contributed by atoms with Crippen LogP contribution in [0.25, 0.3) is 0 Å². The van der Waals surface area contributed by atoms with E-state index in [1.807, 2.05) is 17.3 Å². The second kappa shape index (κ2) is 9.63. The maximum absolute atomic E-state index is 13.9. The third-order valence-corrected chi connectivity index (χ3v) is 6.78. The molecule has 1 fully saturated rings. The summed E-state index contributed by atoms with van der Waals surface area (Å²) in [6, 6.07) is 4.96. The summed E-state index contributed by atoms with van der Waals surface area (Å²) in [7, 11) is 1.81. The molecule has 1 N–H and O–H groups in total. The van der Waals surface area contributed by atoms with E-state index in [-0.39, 0.29) is 24.2 Å². The molecule has 0 bridgehead atoms. The number of likely N-dealkylation sites (tertiary alicyclic amines) is 1. The van der Waals surface area contributed by atoms with Crippen LogP contribution in [0.2, 0.25) is 0 Å². The minimum absolute atomic E-state index is 0.0784. The Labute approximate surface area is 183 Å². The first-order valence-electron chi connectivity index (χ1n) is 11.3. The first-order valence-corrected chi connectivity index (χ1v) is 11.3. The van der Waals surface area contributed by atoms with Crippen molar-refractivity contribution in [3.63, 3.8) is 0 Å². The van der Waals surface area contributed by atoms with E-state index in [1.54, 1.807) is 18.0 Å². The number of hydrazone groups is 1. The molecule has 0 aliphatic carbocycles. The molecule has 0 aromatic heterocycles. The van der Waals surface area contributed by atoms with Crippen molar-refractivity contribution in [3.8, 4) is 0 Å². The van der Waals surface area contributed by atoms with Crippen molar-refractivity contribution in [2.24, 2.45) is 11.0 Å². The summed E-state index contributed by atoms with van der Waals surface area (Å²) < 4.78 is 20.0. The Balaban J connectivity index is 1.40. The molecule has 170 valence electrons. The Hall–Kier alpha value is -2.03. The number of aliphatic hydroxyl groups is 1. The Morgan fingerprint density at radius 1 is 1.32 bits per heavy atom. The van der Waals surface area contributed by atoms with E-state index >= 15 is 0 Å². The van der Waals surface area contributed by atoms with Crippen molar-refractivity contribution in [2.75, 3.05) is 52.9 Å². The monoisotopic (exact) mass is 432 g/mol. The number of aliphatic hydroxyl groups excluding tert-OH is 1. The number of hydrogen-bond donors (Lipinski definition) is 1. The van der Waals surface area contributed by atoms with Crippen molar-refractivity contribution in [3.05, 3.63) is 35.1 Å². The number of amides is 1. The first kappa shape index (κ1) is 22.2. The van der Waals surface area contributed by atoms with E-state index in [0.717, 1.165) is 50.0 Å². The lowest BCUT2D eigenvalue weighted by atomic mass is 9.83. The van der Waals surface area contributed by atoms with Crippen LogP contribution in [-0.2, 0) is 21.7 Å². The van der Waals surface area contributed by atoms with Crippen molar-refractivity contribution in [1.29, 1.82) is 0 Å². The van der Waals surface area contributed by atoms with Gasteiger partial charge in [0, 0.05) is 65.6 Å². The van der Waals surface area contributed by atoms with Gasteiger partial charge in [-0.2, -0.15) is 5.10 Å². The average molecular weight is 433 g/mol. The fourth-order valence-electron chi connectivity index (χ4n) is 4.99. The zero-order chi connectivity index (χ0) is 21.8. The molecule has 4 rings (SSSR count). The van der Waals surface area contributed by atoms with Gasteiger partial charge in [-0.3, -0.25) is 9.80 Å². The van der Waals surface area contributed by atoms with Gasteiger partial charge in [-0.15, -0.1) is 0 Å². The Bertz CT molecular complexity index is 810. The maximum Gasteiger partial charge on any atom is 0.228 e. The highest BCUT2D eigenvalue weighted by molar-refractivity contribution is 5.79. The normalized spacial score (nSPS) is 20.9. The molecule has 0 saturated carbocycles.